The predicted molar refractivity (Wildman–Crippen MR) is 111 cm³/mol. The number of hydrogen-bond donors (Lipinski definition) is 0. The van der Waals surface area contributed by atoms with E-state index >= 15 is 0 Å². The number of amides is 1. The summed E-state index contributed by atoms with van der Waals surface area (Å²) in [7, 11) is -3.54. The lowest BCUT2D eigenvalue weighted by molar-refractivity contribution is -0.118. The molecule has 2 aliphatic rings. The van der Waals surface area contributed by atoms with Crippen LogP contribution in [0, 0.1) is 13.8 Å². The highest BCUT2D eigenvalue weighted by Crippen LogP contribution is 2.29. The smallest absolute Gasteiger partial charge is 0.246 e. The Bertz CT molecular complexity index is 1020. The molecule has 156 valence electrons. The van der Waals surface area contributed by atoms with E-state index in [2.05, 4.69) is 11.2 Å². The van der Waals surface area contributed by atoms with Gasteiger partial charge in [-0.2, -0.15) is 9.40 Å². The van der Waals surface area contributed by atoms with E-state index in [1.165, 1.54) is 5.56 Å². The molecule has 8 heteroatoms. The van der Waals surface area contributed by atoms with E-state index < -0.39 is 10.0 Å². The van der Waals surface area contributed by atoms with Crippen molar-refractivity contribution in [2.75, 3.05) is 24.5 Å². The van der Waals surface area contributed by atoms with Gasteiger partial charge in [-0.1, -0.05) is 24.6 Å². The molecule has 0 radical (unpaired) electrons. The zero-order valence-corrected chi connectivity index (χ0v) is 17.9. The minimum Gasteiger partial charge on any atom is -0.312 e. The number of para-hydroxylation sites is 1. The number of fused-ring (bicyclic) bond motifs is 1. The first-order valence-electron chi connectivity index (χ1n) is 10.3. The molecule has 1 aromatic heterocycles. The molecule has 0 saturated carbocycles. The number of hydrogen-bond acceptors (Lipinski definition) is 4. The monoisotopic (exact) mass is 416 g/mol. The number of benzene rings is 1. The zero-order valence-electron chi connectivity index (χ0n) is 17.1. The van der Waals surface area contributed by atoms with Crippen LogP contribution in [0.5, 0.6) is 0 Å². The van der Waals surface area contributed by atoms with Crippen molar-refractivity contribution in [3.8, 4) is 0 Å². The molecule has 3 heterocycles. The van der Waals surface area contributed by atoms with Gasteiger partial charge in [-0.25, -0.2) is 8.42 Å². The molecule has 0 aliphatic carbocycles. The van der Waals surface area contributed by atoms with Crippen molar-refractivity contribution in [2.24, 2.45) is 0 Å². The molecule has 29 heavy (non-hydrogen) atoms. The van der Waals surface area contributed by atoms with Crippen LogP contribution in [0.25, 0.3) is 0 Å². The summed E-state index contributed by atoms with van der Waals surface area (Å²) >= 11 is 0. The van der Waals surface area contributed by atoms with Crippen LogP contribution in [0.1, 0.15) is 42.6 Å². The lowest BCUT2D eigenvalue weighted by Crippen LogP contribution is -2.36. The molecule has 1 saturated heterocycles. The van der Waals surface area contributed by atoms with E-state index in [4.69, 9.17) is 0 Å². The quantitative estimate of drug-likeness (QED) is 0.751. The SMILES string of the molecule is Cc1nn(CCC(=O)N2CCc3ccccc32)c(C)c1S(=O)(=O)N1CCCCC1. The van der Waals surface area contributed by atoms with Gasteiger partial charge in [0.25, 0.3) is 0 Å². The highest BCUT2D eigenvalue weighted by atomic mass is 32.2. The number of aryl methyl sites for hydroxylation is 2. The summed E-state index contributed by atoms with van der Waals surface area (Å²) in [4.78, 5) is 14.9. The first-order chi connectivity index (χ1) is 13.9. The normalized spacial score (nSPS) is 17.5. The average Bonchev–Trinajstić information content (AvgIpc) is 3.27. The number of nitrogens with zero attached hydrogens (tertiary/aromatic N) is 4. The summed E-state index contributed by atoms with van der Waals surface area (Å²) in [6.45, 7) is 5.73. The average molecular weight is 417 g/mol. The third-order valence-electron chi connectivity index (χ3n) is 5.95. The maximum absolute atomic E-state index is 13.1. The number of anilines is 1. The number of carbonyl (C=O) groups excluding carboxylic acids is 1. The Labute approximate surface area is 172 Å². The fourth-order valence-electron chi connectivity index (χ4n) is 4.44. The molecular weight excluding hydrogens is 388 g/mol. The van der Waals surface area contributed by atoms with Gasteiger partial charge in [0.1, 0.15) is 4.90 Å². The predicted octanol–water partition coefficient (Wildman–Crippen LogP) is 2.65. The summed E-state index contributed by atoms with van der Waals surface area (Å²) in [6, 6.07) is 7.98. The molecule has 1 aromatic carbocycles. The van der Waals surface area contributed by atoms with Crippen molar-refractivity contribution < 1.29 is 13.2 Å². The standard InChI is InChI=1S/C21H28N4O3S/c1-16-21(29(27,28)23-12-6-3-7-13-23)17(2)25(22-16)15-11-20(26)24-14-10-18-8-4-5-9-19(18)24/h4-5,8-9H,3,6-7,10-15H2,1-2H3. The molecule has 0 N–H and O–H groups in total. The maximum atomic E-state index is 13.1. The molecule has 1 fully saturated rings. The van der Waals surface area contributed by atoms with Crippen LogP contribution in [0.2, 0.25) is 0 Å². The van der Waals surface area contributed by atoms with Gasteiger partial charge >= 0.3 is 0 Å². The van der Waals surface area contributed by atoms with Crippen LogP contribution < -0.4 is 4.90 Å². The second-order valence-corrected chi connectivity index (χ2v) is 9.74. The van der Waals surface area contributed by atoms with Crippen LogP contribution in [0.3, 0.4) is 0 Å². The number of rotatable bonds is 5. The summed E-state index contributed by atoms with van der Waals surface area (Å²) < 4.78 is 29.5. The van der Waals surface area contributed by atoms with E-state index in [9.17, 15) is 13.2 Å². The summed E-state index contributed by atoms with van der Waals surface area (Å²) in [6.07, 6.45) is 4.04. The van der Waals surface area contributed by atoms with Crippen molar-refractivity contribution in [1.82, 2.24) is 14.1 Å². The topological polar surface area (TPSA) is 75.5 Å². The van der Waals surface area contributed by atoms with E-state index in [0.717, 1.165) is 31.4 Å². The van der Waals surface area contributed by atoms with E-state index in [1.54, 1.807) is 22.8 Å². The number of aromatic nitrogens is 2. The fraction of sp³-hybridized carbons (Fsp3) is 0.524. The van der Waals surface area contributed by atoms with Gasteiger partial charge in [-0.05, 0) is 44.7 Å². The Balaban J connectivity index is 1.49. The minimum absolute atomic E-state index is 0.0444. The van der Waals surface area contributed by atoms with Gasteiger partial charge in [0, 0.05) is 31.7 Å². The second kappa shape index (κ2) is 7.91. The van der Waals surface area contributed by atoms with Gasteiger partial charge in [0.2, 0.25) is 15.9 Å². The van der Waals surface area contributed by atoms with E-state index in [0.29, 0.717) is 48.9 Å². The van der Waals surface area contributed by atoms with Crippen LogP contribution >= 0.6 is 0 Å². The summed E-state index contributed by atoms with van der Waals surface area (Å²) in [5, 5.41) is 4.45. The van der Waals surface area contributed by atoms with Crippen molar-refractivity contribution in [2.45, 2.75) is 57.4 Å². The Hall–Kier alpha value is -2.19. The first-order valence-corrected chi connectivity index (χ1v) is 11.8. The van der Waals surface area contributed by atoms with Crippen molar-refractivity contribution in [3.05, 3.63) is 41.2 Å². The summed E-state index contributed by atoms with van der Waals surface area (Å²) in [5.74, 6) is 0.0444. The number of sulfonamides is 1. The van der Waals surface area contributed by atoms with Crippen LogP contribution in [-0.2, 0) is 27.8 Å². The van der Waals surface area contributed by atoms with Gasteiger partial charge < -0.3 is 4.90 Å². The Morgan fingerprint density at radius 1 is 1.07 bits per heavy atom. The molecule has 0 atom stereocenters. The molecule has 1 amide bonds. The summed E-state index contributed by atoms with van der Waals surface area (Å²) in [5.41, 5.74) is 3.30. The van der Waals surface area contributed by atoms with Crippen molar-refractivity contribution in [3.63, 3.8) is 0 Å². The van der Waals surface area contributed by atoms with Crippen molar-refractivity contribution >= 4 is 21.6 Å². The molecule has 4 rings (SSSR count). The molecule has 2 aromatic rings. The number of piperidine rings is 1. The zero-order chi connectivity index (χ0) is 20.6. The largest absolute Gasteiger partial charge is 0.312 e. The molecule has 0 spiro atoms. The third kappa shape index (κ3) is 3.71. The lowest BCUT2D eigenvalue weighted by Gasteiger charge is -2.26. The first kappa shape index (κ1) is 20.1. The fourth-order valence-corrected chi connectivity index (χ4v) is 6.33. The highest BCUT2D eigenvalue weighted by molar-refractivity contribution is 7.89. The second-order valence-electron chi connectivity index (χ2n) is 7.86. The van der Waals surface area contributed by atoms with E-state index in [1.807, 2.05) is 23.1 Å². The Morgan fingerprint density at radius 2 is 1.79 bits per heavy atom. The van der Waals surface area contributed by atoms with E-state index in [-0.39, 0.29) is 5.91 Å². The van der Waals surface area contributed by atoms with Crippen LogP contribution in [-0.4, -0.2) is 48.0 Å². The molecule has 2 aliphatic heterocycles. The third-order valence-corrected chi connectivity index (χ3v) is 8.11. The van der Waals surface area contributed by atoms with Gasteiger partial charge in [0.05, 0.1) is 17.9 Å². The maximum Gasteiger partial charge on any atom is 0.246 e. The number of carbonyl (C=O) groups is 1. The molecule has 0 unspecified atom stereocenters. The minimum atomic E-state index is -3.54. The van der Waals surface area contributed by atoms with Crippen LogP contribution in [0.4, 0.5) is 5.69 Å². The van der Waals surface area contributed by atoms with Gasteiger partial charge in [-0.3, -0.25) is 9.48 Å². The van der Waals surface area contributed by atoms with Gasteiger partial charge in [-0.15, -0.1) is 0 Å². The molecular formula is C21H28N4O3S. The highest BCUT2D eigenvalue weighted by Gasteiger charge is 2.32. The lowest BCUT2D eigenvalue weighted by atomic mass is 10.2. The molecule has 0 bridgehead atoms. The molecule has 7 nitrogen and oxygen atoms in total. The Morgan fingerprint density at radius 3 is 2.55 bits per heavy atom. The van der Waals surface area contributed by atoms with Gasteiger partial charge in [0.15, 0.2) is 0 Å². The Kier molecular flexibility index (Phi) is 5.48. The van der Waals surface area contributed by atoms with Crippen LogP contribution in [0.15, 0.2) is 29.2 Å². The van der Waals surface area contributed by atoms with Crippen molar-refractivity contribution in [1.29, 1.82) is 0 Å².